The Bertz CT molecular complexity index is 2200. The summed E-state index contributed by atoms with van der Waals surface area (Å²) in [6.45, 7) is 24.1. The van der Waals surface area contributed by atoms with E-state index in [1.165, 1.54) is 48.1 Å². The second-order valence-electron chi connectivity index (χ2n) is 24.2. The van der Waals surface area contributed by atoms with Crippen LogP contribution in [0, 0.1) is 0 Å². The summed E-state index contributed by atoms with van der Waals surface area (Å²) in [6.07, 6.45) is -1.88. The summed E-state index contributed by atoms with van der Waals surface area (Å²) >= 11 is 29.4. The van der Waals surface area contributed by atoms with Crippen LogP contribution >= 0.6 is 103 Å². The number of ether oxygens (including phenoxy) is 9. The topological polar surface area (TPSA) is 257 Å². The van der Waals surface area contributed by atoms with Gasteiger partial charge >= 0.3 is 35.8 Å². The summed E-state index contributed by atoms with van der Waals surface area (Å²) in [4.78, 5) is 89.4. The number of carbonyl (C=O) groups is 6. The molecule has 23 nitrogen and oxygen atoms in total. The summed E-state index contributed by atoms with van der Waals surface area (Å²) in [5.41, 5.74) is 0. The zero-order valence-electron chi connectivity index (χ0n) is 60.0. The first-order chi connectivity index (χ1) is 47.4. The maximum absolute atomic E-state index is 14.3. The second-order valence-corrected chi connectivity index (χ2v) is 31.5. The molecule has 2 heterocycles. The third kappa shape index (κ3) is 44.3. The van der Waals surface area contributed by atoms with Gasteiger partial charge in [0.05, 0.1) is 32.7 Å². The fourth-order valence-electron chi connectivity index (χ4n) is 10.3. The highest BCUT2D eigenvalue weighted by Crippen LogP contribution is 2.39. The lowest BCUT2D eigenvalue weighted by Crippen LogP contribution is -3.13. The Morgan fingerprint density at radius 2 is 0.747 bits per heavy atom. The van der Waals surface area contributed by atoms with Crippen LogP contribution in [0.25, 0.3) is 0 Å². The maximum atomic E-state index is 14.3. The number of hydrogen-bond donors (Lipinski definition) is 6. The monoisotopic (exact) mass is 1600 g/mol. The predicted molar refractivity (Wildman–Crippen MR) is 405 cm³/mol. The number of esters is 6. The number of unbranched alkanes of at least 4 members (excludes halogenated alkanes) is 12. The molecule has 2 saturated heterocycles. The number of hydrogen-bond acceptors (Lipinski definition) is 24. The molecule has 0 aromatic heterocycles. The standard InChI is InChI=1S/C66H119Cl3N8O15S6.ClH/c1-9-17-23-29-51(78)86-57-49(47-97-95-45-38-72-65(93)70-35-40-75(15-7)41-37-74-67)84-63(61(90-55(82)33-27-21-13-5)59(57)88-53(80)31-25-19-11-3)92-64-62(91-56(83)34-28-22-14-6)60(89-54(81)32-26-20-12-4)58(87-52(79)30-24-18-10-2)50(85-64)48-98-96-46-39-73-66(94)71-36-42-77(69)44-43-76(68)16-8;/h49-50,57-64,74H,9-48H2,1-8H3,(H2,70,72,93)(H2,71,73,94);1H/t49?,50-,57-,58-,59+,60?,61?,62?,63-,64-;/m1./s1. The molecule has 2 fully saturated rings. The summed E-state index contributed by atoms with van der Waals surface area (Å²) < 4.78 is 62.9. The molecule has 0 aromatic carbocycles. The zero-order chi connectivity index (χ0) is 72.1. The van der Waals surface area contributed by atoms with Crippen LogP contribution in [0.5, 0.6) is 0 Å². The van der Waals surface area contributed by atoms with Crippen molar-refractivity contribution in [2.75, 3.05) is 102 Å². The van der Waals surface area contributed by atoms with Gasteiger partial charge in [-0.25, -0.2) is 13.7 Å². The number of likely N-dealkylation sites (N-methyl/N-ethyl adjacent to an activating group) is 2. The molecule has 33 heteroatoms. The minimum atomic E-state index is -1.68. The summed E-state index contributed by atoms with van der Waals surface area (Å²) in [7, 11) is 5.80. The molecule has 2 aliphatic heterocycles. The van der Waals surface area contributed by atoms with Gasteiger partial charge in [-0.15, -0.1) is 0 Å². The molecular formula is C66H120Cl4N8O15S6. The highest BCUT2D eigenvalue weighted by atomic mass is 35.5. The molecule has 99 heavy (non-hydrogen) atoms. The van der Waals surface area contributed by atoms with Crippen molar-refractivity contribution >= 4 is 149 Å². The molecule has 0 radical (unpaired) electrons. The van der Waals surface area contributed by atoms with Crippen molar-refractivity contribution in [2.24, 2.45) is 0 Å². The minimum absolute atomic E-state index is 0. The lowest BCUT2D eigenvalue weighted by Gasteiger charge is -2.48. The lowest BCUT2D eigenvalue weighted by molar-refractivity contribution is -0.895. The van der Waals surface area contributed by atoms with Crippen LogP contribution in [0.3, 0.4) is 0 Å². The highest BCUT2D eigenvalue weighted by molar-refractivity contribution is 8.77. The van der Waals surface area contributed by atoms with E-state index in [0.29, 0.717) is 119 Å². The zero-order valence-corrected chi connectivity index (χ0v) is 68.0. The SMILES string of the molecule is CCCCCC(=O)OC1C(OC(=O)CCCCC)[C@H](OC(=O)CCCCC)[C@@H](CSSCCNC(=S)NCCN(Cl)CCN(Cl)CC)O[C@@H]1O[C@H]1OC(CSSCCNC(=S)NCC[NH+](CC)CCNCl)[C@@H](OC(=O)CCCCC)[C@H](OC(=O)CCCCC)C1OC(=O)CCCCC.[Cl-]. The van der Waals surface area contributed by atoms with Gasteiger partial charge in [0.25, 0.3) is 0 Å². The Hall–Kier alpha value is -1.52. The highest BCUT2D eigenvalue weighted by Gasteiger charge is 2.58. The largest absolute Gasteiger partial charge is 1.00 e. The fraction of sp³-hybridized carbons (Fsp3) is 0.879. The Labute approximate surface area is 640 Å². The quantitative estimate of drug-likeness (QED) is 0.00852. The summed E-state index contributed by atoms with van der Waals surface area (Å²) in [5, 5.41) is 13.9. The van der Waals surface area contributed by atoms with Crippen LogP contribution in [-0.2, 0) is 71.4 Å². The predicted octanol–water partition coefficient (Wildman–Crippen LogP) is 7.68. The number of halogens is 4. The molecule has 6 N–H and O–H groups in total. The van der Waals surface area contributed by atoms with E-state index in [4.69, 9.17) is 102 Å². The van der Waals surface area contributed by atoms with E-state index in [2.05, 4.69) is 33.0 Å². The molecule has 578 valence electrons. The fourth-order valence-corrected chi connectivity index (χ4v) is 15.2. The van der Waals surface area contributed by atoms with Crippen LogP contribution in [0.1, 0.15) is 209 Å². The van der Waals surface area contributed by atoms with E-state index in [1.807, 2.05) is 48.5 Å². The van der Waals surface area contributed by atoms with E-state index in [-0.39, 0.29) is 62.4 Å². The van der Waals surface area contributed by atoms with Gasteiger partial charge < -0.3 is 81.2 Å². The number of carbonyl (C=O) groups excluding carboxylic acids is 6. The molecule has 2 rings (SSSR count). The average Bonchev–Trinajstić information content (AvgIpc) is 0.771. The van der Waals surface area contributed by atoms with E-state index in [1.54, 1.807) is 8.84 Å². The van der Waals surface area contributed by atoms with Gasteiger partial charge in [0, 0.05) is 107 Å². The second kappa shape index (κ2) is 61.6. The third-order valence-electron chi connectivity index (χ3n) is 15.9. The van der Waals surface area contributed by atoms with Gasteiger partial charge in [-0.1, -0.05) is 169 Å². The van der Waals surface area contributed by atoms with Crippen molar-refractivity contribution in [3.05, 3.63) is 0 Å². The number of nitrogens with zero attached hydrogens (tertiary/aromatic N) is 2. The van der Waals surface area contributed by atoms with Gasteiger partial charge in [-0.05, 0) is 105 Å². The van der Waals surface area contributed by atoms with Gasteiger partial charge in [0.15, 0.2) is 46.8 Å². The molecule has 0 bridgehead atoms. The molecule has 0 aromatic rings. The van der Waals surface area contributed by atoms with Crippen LogP contribution in [0.15, 0.2) is 0 Å². The van der Waals surface area contributed by atoms with Crippen molar-refractivity contribution in [1.82, 2.24) is 34.9 Å². The summed E-state index contributed by atoms with van der Waals surface area (Å²) in [5.74, 6) is -2.30. The first-order valence-corrected chi connectivity index (χ1v) is 42.9. The van der Waals surface area contributed by atoms with Gasteiger partial charge in [0.2, 0.25) is 12.6 Å². The van der Waals surface area contributed by atoms with E-state index < -0.39 is 97.2 Å². The maximum Gasteiger partial charge on any atom is 0.306 e. The lowest BCUT2D eigenvalue weighted by atomic mass is 9.97. The number of quaternary nitrogens is 1. The van der Waals surface area contributed by atoms with Gasteiger partial charge in [0.1, 0.15) is 12.2 Å². The first kappa shape index (κ1) is 95.5. The van der Waals surface area contributed by atoms with Crippen LogP contribution in [0.2, 0.25) is 0 Å². The van der Waals surface area contributed by atoms with Gasteiger partial charge in [-0.2, -0.15) is 0 Å². The van der Waals surface area contributed by atoms with Crippen LogP contribution in [0.4, 0.5) is 0 Å². The Morgan fingerprint density at radius 1 is 0.424 bits per heavy atom. The smallest absolute Gasteiger partial charge is 0.306 e. The van der Waals surface area contributed by atoms with Crippen molar-refractivity contribution in [2.45, 2.75) is 271 Å². The minimum Gasteiger partial charge on any atom is -1.00 e. The van der Waals surface area contributed by atoms with E-state index >= 15 is 0 Å². The van der Waals surface area contributed by atoms with E-state index in [0.717, 1.165) is 96.7 Å². The third-order valence-corrected chi connectivity index (χ3v) is 22.3. The molecule has 2 aliphatic rings. The van der Waals surface area contributed by atoms with Crippen molar-refractivity contribution in [1.29, 1.82) is 0 Å². The summed E-state index contributed by atoms with van der Waals surface area (Å²) in [6, 6.07) is 0. The average molecular weight is 1600 g/mol. The molecule has 11 atom stereocenters. The van der Waals surface area contributed by atoms with Crippen LogP contribution < -0.4 is 43.4 Å². The van der Waals surface area contributed by atoms with E-state index in [9.17, 15) is 28.8 Å². The molecule has 0 amide bonds. The van der Waals surface area contributed by atoms with Crippen LogP contribution in [-0.4, -0.2) is 218 Å². The van der Waals surface area contributed by atoms with Gasteiger partial charge in [-0.3, -0.25) is 28.8 Å². The van der Waals surface area contributed by atoms with Crippen molar-refractivity contribution in [3.8, 4) is 0 Å². The number of nitrogens with one attached hydrogen (secondary N) is 6. The number of rotatable bonds is 58. The molecule has 0 saturated carbocycles. The molecule has 0 aliphatic carbocycles. The Balaban J connectivity index is 0.0000490. The van der Waals surface area contributed by atoms with Crippen molar-refractivity contribution < 1.29 is 88.7 Å². The first-order valence-electron chi connectivity index (χ1n) is 36.1. The Kier molecular flexibility index (Phi) is 59.4. The molecule has 5 unspecified atom stereocenters. The molecule has 0 spiro atoms. The normalized spacial score (nSPS) is 20.8. The number of thiocarbonyl (C=S) groups is 2. The molecular weight excluding hydrogens is 1480 g/mol. The Morgan fingerprint density at radius 3 is 1.09 bits per heavy atom. The van der Waals surface area contributed by atoms with Crippen molar-refractivity contribution in [3.63, 3.8) is 0 Å².